The van der Waals surface area contributed by atoms with E-state index >= 15 is 0 Å². The number of carbonyl (C=O) groups excluding carboxylic acids is 1. The van der Waals surface area contributed by atoms with Crippen molar-refractivity contribution in [3.63, 3.8) is 0 Å². The molecule has 1 aromatic heterocycles. The van der Waals surface area contributed by atoms with Crippen molar-refractivity contribution in [2.24, 2.45) is 11.7 Å². The smallest absolute Gasteiger partial charge is 0.413 e. The van der Waals surface area contributed by atoms with E-state index in [1.807, 2.05) is 13.8 Å². The minimum Gasteiger partial charge on any atom is -0.489 e. The average Bonchev–Trinajstić information content (AvgIpc) is 2.61. The lowest BCUT2D eigenvalue weighted by atomic mass is 9.93. The van der Waals surface area contributed by atoms with Crippen LogP contribution in [-0.4, -0.2) is 35.3 Å². The Hall–Kier alpha value is -2.81. The zero-order valence-corrected chi connectivity index (χ0v) is 16.3. The lowest BCUT2D eigenvalue weighted by Crippen LogP contribution is -2.43. The van der Waals surface area contributed by atoms with Gasteiger partial charge in [-0.3, -0.25) is 5.32 Å². The third-order valence-corrected chi connectivity index (χ3v) is 3.78. The highest BCUT2D eigenvalue weighted by Gasteiger charge is 2.23. The number of ether oxygens (including phenoxy) is 2. The molecule has 1 atom stereocenters. The Balaban J connectivity index is 2.22. The number of aromatic nitrogens is 2. The van der Waals surface area contributed by atoms with E-state index in [0.717, 1.165) is 12.1 Å². The van der Waals surface area contributed by atoms with Crippen LogP contribution in [0.25, 0.3) is 11.3 Å². The molecule has 1 aromatic carbocycles. The first-order valence-corrected chi connectivity index (χ1v) is 8.70. The standard InChI is InChI=1S/C19H24F2N4O3/c1-11(2)9-19(3,22)10-28-16-8-13(20)12(7-14(16)21)15-5-6-23-17(24-15)25-18(26)27-4/h5-8,11H,9-10,22H2,1-4H3,(H,23,24,25,26). The Labute approximate surface area is 162 Å². The summed E-state index contributed by atoms with van der Waals surface area (Å²) in [4.78, 5) is 19.1. The van der Waals surface area contributed by atoms with Gasteiger partial charge in [-0.15, -0.1) is 0 Å². The van der Waals surface area contributed by atoms with Crippen molar-refractivity contribution in [2.75, 3.05) is 19.0 Å². The summed E-state index contributed by atoms with van der Waals surface area (Å²) in [5.74, 6) is -1.48. The van der Waals surface area contributed by atoms with Crippen molar-refractivity contribution >= 4 is 12.0 Å². The quantitative estimate of drug-likeness (QED) is 0.742. The fourth-order valence-corrected chi connectivity index (χ4v) is 2.78. The molecule has 2 aromatic rings. The van der Waals surface area contributed by atoms with E-state index in [9.17, 15) is 13.6 Å². The SMILES string of the molecule is COC(=O)Nc1nccc(-c2cc(F)c(OCC(C)(N)CC(C)C)cc2F)n1. The van der Waals surface area contributed by atoms with Crippen molar-refractivity contribution in [3.05, 3.63) is 36.0 Å². The fraction of sp³-hybridized carbons (Fsp3) is 0.421. The Morgan fingerprint density at radius 2 is 2.04 bits per heavy atom. The first-order chi connectivity index (χ1) is 13.1. The summed E-state index contributed by atoms with van der Waals surface area (Å²) in [6, 6.07) is 3.32. The van der Waals surface area contributed by atoms with Gasteiger partial charge in [0.15, 0.2) is 11.6 Å². The van der Waals surface area contributed by atoms with Crippen LogP contribution < -0.4 is 15.8 Å². The van der Waals surface area contributed by atoms with Gasteiger partial charge in [0, 0.05) is 23.4 Å². The van der Waals surface area contributed by atoms with Gasteiger partial charge in [0.1, 0.15) is 12.4 Å². The number of nitrogens with one attached hydrogen (secondary N) is 1. The third kappa shape index (κ3) is 5.85. The number of hydrogen-bond acceptors (Lipinski definition) is 6. The number of benzene rings is 1. The number of amides is 1. The van der Waals surface area contributed by atoms with Gasteiger partial charge >= 0.3 is 6.09 Å². The first-order valence-electron chi connectivity index (χ1n) is 8.70. The Kier molecular flexibility index (Phi) is 6.85. The van der Waals surface area contributed by atoms with Crippen LogP contribution in [0, 0.1) is 17.6 Å². The van der Waals surface area contributed by atoms with Gasteiger partial charge in [-0.25, -0.2) is 23.5 Å². The van der Waals surface area contributed by atoms with Crippen LogP contribution in [0.1, 0.15) is 27.2 Å². The van der Waals surface area contributed by atoms with Gasteiger partial charge in [0.2, 0.25) is 5.95 Å². The van der Waals surface area contributed by atoms with Crippen LogP contribution in [-0.2, 0) is 4.74 Å². The molecule has 2 rings (SSSR count). The maximum atomic E-state index is 14.6. The maximum absolute atomic E-state index is 14.6. The molecule has 0 saturated carbocycles. The van der Waals surface area contributed by atoms with Crippen LogP contribution in [0.5, 0.6) is 5.75 Å². The molecular weight excluding hydrogens is 370 g/mol. The molecule has 152 valence electrons. The topological polar surface area (TPSA) is 99.4 Å². The van der Waals surface area contributed by atoms with Gasteiger partial charge < -0.3 is 15.2 Å². The molecule has 0 aliphatic heterocycles. The summed E-state index contributed by atoms with van der Waals surface area (Å²) in [5.41, 5.74) is 5.46. The van der Waals surface area contributed by atoms with E-state index in [-0.39, 0.29) is 29.6 Å². The van der Waals surface area contributed by atoms with Gasteiger partial charge in [-0.05, 0) is 31.4 Å². The molecule has 0 bridgehead atoms. The molecule has 0 aliphatic rings. The van der Waals surface area contributed by atoms with Crippen molar-refractivity contribution in [1.29, 1.82) is 0 Å². The van der Waals surface area contributed by atoms with Crippen molar-refractivity contribution < 1.29 is 23.0 Å². The number of rotatable bonds is 7. The van der Waals surface area contributed by atoms with Crippen LogP contribution in [0.3, 0.4) is 0 Å². The predicted octanol–water partition coefficient (Wildman–Crippen LogP) is 3.74. The molecule has 7 nitrogen and oxygen atoms in total. The lowest BCUT2D eigenvalue weighted by Gasteiger charge is -2.26. The van der Waals surface area contributed by atoms with Crippen LogP contribution in [0.2, 0.25) is 0 Å². The van der Waals surface area contributed by atoms with E-state index in [1.54, 1.807) is 6.92 Å². The Morgan fingerprint density at radius 1 is 1.32 bits per heavy atom. The summed E-state index contributed by atoms with van der Waals surface area (Å²) in [5, 5.41) is 2.26. The second-order valence-electron chi connectivity index (χ2n) is 7.19. The molecule has 0 radical (unpaired) electrons. The first kappa shape index (κ1) is 21.5. The number of nitrogens with two attached hydrogens (primary N) is 1. The summed E-state index contributed by atoms with van der Waals surface area (Å²) >= 11 is 0. The fourth-order valence-electron chi connectivity index (χ4n) is 2.78. The normalized spacial score (nSPS) is 13.1. The van der Waals surface area contributed by atoms with Crippen molar-refractivity contribution in [3.8, 4) is 17.0 Å². The zero-order chi connectivity index (χ0) is 20.9. The van der Waals surface area contributed by atoms with Gasteiger partial charge in [-0.1, -0.05) is 13.8 Å². The van der Waals surface area contributed by atoms with E-state index in [2.05, 4.69) is 20.0 Å². The molecule has 0 aliphatic carbocycles. The number of nitrogens with zero attached hydrogens (tertiary/aromatic N) is 2. The van der Waals surface area contributed by atoms with E-state index in [0.29, 0.717) is 12.3 Å². The Morgan fingerprint density at radius 3 is 2.68 bits per heavy atom. The minimum atomic E-state index is -0.779. The van der Waals surface area contributed by atoms with Crippen LogP contribution in [0.4, 0.5) is 19.5 Å². The monoisotopic (exact) mass is 394 g/mol. The summed E-state index contributed by atoms with van der Waals surface area (Å²) < 4.78 is 38.9. The van der Waals surface area contributed by atoms with Crippen molar-refractivity contribution in [1.82, 2.24) is 9.97 Å². The van der Waals surface area contributed by atoms with E-state index in [4.69, 9.17) is 10.5 Å². The molecule has 0 fully saturated rings. The molecule has 1 unspecified atom stereocenters. The second kappa shape index (κ2) is 8.92. The number of anilines is 1. The third-order valence-electron chi connectivity index (χ3n) is 3.78. The number of hydrogen-bond donors (Lipinski definition) is 2. The van der Waals surface area contributed by atoms with Gasteiger partial charge in [0.25, 0.3) is 0 Å². The highest BCUT2D eigenvalue weighted by atomic mass is 19.1. The van der Waals surface area contributed by atoms with E-state index < -0.39 is 23.3 Å². The minimum absolute atomic E-state index is 0.0432. The van der Waals surface area contributed by atoms with Crippen LogP contribution >= 0.6 is 0 Å². The molecule has 9 heteroatoms. The Bertz CT molecular complexity index is 844. The van der Waals surface area contributed by atoms with E-state index in [1.165, 1.54) is 19.4 Å². The second-order valence-corrected chi connectivity index (χ2v) is 7.19. The van der Waals surface area contributed by atoms with Gasteiger partial charge in [0.05, 0.1) is 12.8 Å². The molecule has 3 N–H and O–H groups in total. The number of halogens is 2. The molecule has 0 spiro atoms. The maximum Gasteiger partial charge on any atom is 0.413 e. The molecule has 0 saturated heterocycles. The summed E-state index contributed by atoms with van der Waals surface area (Å²) in [6.07, 6.45) is 1.20. The number of methoxy groups -OCH3 is 1. The molecule has 28 heavy (non-hydrogen) atoms. The average molecular weight is 394 g/mol. The zero-order valence-electron chi connectivity index (χ0n) is 16.3. The molecule has 1 amide bonds. The van der Waals surface area contributed by atoms with Gasteiger partial charge in [-0.2, -0.15) is 0 Å². The summed E-state index contributed by atoms with van der Waals surface area (Å²) in [7, 11) is 1.18. The largest absolute Gasteiger partial charge is 0.489 e. The number of carbonyl (C=O) groups is 1. The van der Waals surface area contributed by atoms with Crippen molar-refractivity contribution in [2.45, 2.75) is 32.7 Å². The van der Waals surface area contributed by atoms with Crippen LogP contribution in [0.15, 0.2) is 24.4 Å². The summed E-state index contributed by atoms with van der Waals surface area (Å²) in [6.45, 7) is 5.88. The highest BCUT2D eigenvalue weighted by molar-refractivity contribution is 5.82. The molecule has 1 heterocycles. The highest BCUT2D eigenvalue weighted by Crippen LogP contribution is 2.29. The molecular formula is C19H24F2N4O3. The lowest BCUT2D eigenvalue weighted by molar-refractivity contribution is 0.186. The predicted molar refractivity (Wildman–Crippen MR) is 101 cm³/mol.